The van der Waals surface area contributed by atoms with Crippen LogP contribution in [0.3, 0.4) is 0 Å². The van der Waals surface area contributed by atoms with Gasteiger partial charge < -0.3 is 10.5 Å². The molecular weight excluding hydrogens is 280 g/mol. The molecule has 0 spiro atoms. The van der Waals surface area contributed by atoms with Crippen LogP contribution in [0.4, 0.5) is 14.5 Å². The Morgan fingerprint density at radius 1 is 1.19 bits per heavy atom. The summed E-state index contributed by atoms with van der Waals surface area (Å²) in [5.74, 6) is 0.000556. The van der Waals surface area contributed by atoms with Crippen LogP contribution in [-0.2, 0) is 0 Å². The third-order valence-electron chi connectivity index (χ3n) is 2.20. The summed E-state index contributed by atoms with van der Waals surface area (Å²) in [7, 11) is 0. The van der Waals surface area contributed by atoms with E-state index in [4.69, 9.17) is 5.73 Å². The number of halogens is 3. The highest BCUT2D eigenvalue weighted by Gasteiger charge is 2.10. The van der Waals surface area contributed by atoms with E-state index in [0.29, 0.717) is 5.39 Å². The first kappa shape index (κ1) is 11.1. The molecule has 0 aromatic heterocycles. The van der Waals surface area contributed by atoms with Crippen LogP contribution in [0.15, 0.2) is 34.8 Å². The highest BCUT2D eigenvalue weighted by molar-refractivity contribution is 9.10. The largest absolute Gasteiger partial charge is 0.433 e. The summed E-state index contributed by atoms with van der Waals surface area (Å²) in [6.07, 6.45) is 0. The monoisotopic (exact) mass is 287 g/mol. The Labute approximate surface area is 99.1 Å². The third kappa shape index (κ3) is 2.09. The van der Waals surface area contributed by atoms with E-state index in [1.807, 2.05) is 12.1 Å². The van der Waals surface area contributed by atoms with Crippen molar-refractivity contribution in [1.82, 2.24) is 0 Å². The smallest absolute Gasteiger partial charge is 0.387 e. The molecule has 0 heterocycles. The standard InChI is InChI=1S/C11H8BrF2NO/c12-7-3-1-6-2-4-9(16-11(13)14)10(15)8(6)5-7/h1-5,11H,15H2. The van der Waals surface area contributed by atoms with Gasteiger partial charge >= 0.3 is 6.61 Å². The molecule has 0 fully saturated rings. The van der Waals surface area contributed by atoms with Gasteiger partial charge in [0.25, 0.3) is 0 Å². The van der Waals surface area contributed by atoms with Crippen LogP contribution in [0.5, 0.6) is 5.75 Å². The fourth-order valence-corrected chi connectivity index (χ4v) is 1.85. The number of hydrogen-bond acceptors (Lipinski definition) is 2. The molecule has 0 bridgehead atoms. The van der Waals surface area contributed by atoms with E-state index >= 15 is 0 Å². The van der Waals surface area contributed by atoms with Crippen LogP contribution in [0, 0.1) is 0 Å². The molecule has 16 heavy (non-hydrogen) atoms. The lowest BCUT2D eigenvalue weighted by Gasteiger charge is -2.10. The molecule has 0 atom stereocenters. The van der Waals surface area contributed by atoms with Crippen LogP contribution in [0.2, 0.25) is 0 Å². The lowest BCUT2D eigenvalue weighted by molar-refractivity contribution is -0.0492. The summed E-state index contributed by atoms with van der Waals surface area (Å²) in [4.78, 5) is 0. The van der Waals surface area contributed by atoms with E-state index in [1.54, 1.807) is 12.1 Å². The number of rotatable bonds is 2. The van der Waals surface area contributed by atoms with E-state index in [1.165, 1.54) is 6.07 Å². The Morgan fingerprint density at radius 2 is 1.88 bits per heavy atom. The summed E-state index contributed by atoms with van der Waals surface area (Å²) < 4.78 is 29.3. The number of ether oxygens (including phenoxy) is 1. The fraction of sp³-hybridized carbons (Fsp3) is 0.0909. The molecule has 0 aliphatic carbocycles. The highest BCUT2D eigenvalue weighted by atomic mass is 79.9. The molecule has 5 heteroatoms. The molecule has 2 rings (SSSR count). The molecule has 0 aliphatic rings. The number of fused-ring (bicyclic) bond motifs is 1. The zero-order valence-electron chi connectivity index (χ0n) is 8.08. The first-order valence-electron chi connectivity index (χ1n) is 4.50. The van der Waals surface area contributed by atoms with Crippen molar-refractivity contribution in [3.8, 4) is 5.75 Å². The summed E-state index contributed by atoms with van der Waals surface area (Å²) >= 11 is 3.30. The molecule has 2 aromatic carbocycles. The second kappa shape index (κ2) is 4.25. The van der Waals surface area contributed by atoms with E-state index in [-0.39, 0.29) is 11.4 Å². The Balaban J connectivity index is 2.58. The highest BCUT2D eigenvalue weighted by Crippen LogP contribution is 2.33. The lowest BCUT2D eigenvalue weighted by atomic mass is 10.1. The summed E-state index contributed by atoms with van der Waals surface area (Å²) in [6, 6.07) is 8.61. The SMILES string of the molecule is Nc1c(OC(F)F)ccc2ccc(Br)cc12. The molecule has 2 aromatic rings. The van der Waals surface area contributed by atoms with Gasteiger partial charge in [-0.3, -0.25) is 0 Å². The zero-order valence-corrected chi connectivity index (χ0v) is 9.67. The van der Waals surface area contributed by atoms with Crippen molar-refractivity contribution < 1.29 is 13.5 Å². The van der Waals surface area contributed by atoms with Gasteiger partial charge in [0.1, 0.15) is 5.75 Å². The fourth-order valence-electron chi connectivity index (χ4n) is 1.49. The molecule has 84 valence electrons. The van der Waals surface area contributed by atoms with Gasteiger partial charge in [0.15, 0.2) is 0 Å². The van der Waals surface area contributed by atoms with E-state index in [9.17, 15) is 8.78 Å². The first-order valence-corrected chi connectivity index (χ1v) is 5.30. The number of nitrogens with two attached hydrogens (primary N) is 1. The maximum Gasteiger partial charge on any atom is 0.387 e. The molecule has 0 aliphatic heterocycles. The van der Waals surface area contributed by atoms with E-state index in [0.717, 1.165) is 9.86 Å². The van der Waals surface area contributed by atoms with E-state index < -0.39 is 6.61 Å². The predicted molar refractivity (Wildman–Crippen MR) is 62.7 cm³/mol. The summed E-state index contributed by atoms with van der Waals surface area (Å²) in [5.41, 5.74) is 5.98. The zero-order chi connectivity index (χ0) is 11.7. The topological polar surface area (TPSA) is 35.2 Å². The maximum atomic E-state index is 12.1. The molecule has 0 radical (unpaired) electrons. The number of nitrogen functional groups attached to an aromatic ring is 1. The van der Waals surface area contributed by atoms with Crippen molar-refractivity contribution in [1.29, 1.82) is 0 Å². The van der Waals surface area contributed by atoms with Crippen molar-refractivity contribution in [2.75, 3.05) is 5.73 Å². The van der Waals surface area contributed by atoms with Gasteiger partial charge in [-0.1, -0.05) is 28.1 Å². The number of benzene rings is 2. The van der Waals surface area contributed by atoms with Gasteiger partial charge in [-0.25, -0.2) is 0 Å². The second-order valence-corrected chi connectivity index (χ2v) is 4.14. The van der Waals surface area contributed by atoms with Crippen LogP contribution in [-0.4, -0.2) is 6.61 Å². The first-order chi connectivity index (χ1) is 7.58. The molecule has 2 nitrogen and oxygen atoms in total. The van der Waals surface area contributed by atoms with Gasteiger partial charge in [0.2, 0.25) is 0 Å². The Kier molecular flexibility index (Phi) is 2.96. The van der Waals surface area contributed by atoms with Gasteiger partial charge in [0.05, 0.1) is 5.69 Å². The Hall–Kier alpha value is -1.36. The van der Waals surface area contributed by atoms with E-state index in [2.05, 4.69) is 20.7 Å². The molecule has 0 amide bonds. The van der Waals surface area contributed by atoms with Crippen molar-refractivity contribution in [2.24, 2.45) is 0 Å². The second-order valence-electron chi connectivity index (χ2n) is 3.22. The maximum absolute atomic E-state index is 12.1. The third-order valence-corrected chi connectivity index (χ3v) is 2.69. The van der Waals surface area contributed by atoms with Crippen LogP contribution < -0.4 is 10.5 Å². The van der Waals surface area contributed by atoms with Gasteiger partial charge in [0, 0.05) is 9.86 Å². The number of anilines is 1. The van der Waals surface area contributed by atoms with Gasteiger partial charge in [-0.05, 0) is 23.6 Å². The van der Waals surface area contributed by atoms with Gasteiger partial charge in [-0.15, -0.1) is 0 Å². The van der Waals surface area contributed by atoms with Crippen molar-refractivity contribution in [2.45, 2.75) is 6.61 Å². The summed E-state index contributed by atoms with van der Waals surface area (Å²) in [6.45, 7) is -2.87. The molecule has 0 unspecified atom stereocenters. The minimum Gasteiger partial charge on any atom is -0.433 e. The molecule has 0 saturated carbocycles. The Bertz CT molecular complexity index is 531. The quantitative estimate of drug-likeness (QED) is 0.853. The van der Waals surface area contributed by atoms with Crippen molar-refractivity contribution in [3.05, 3.63) is 34.8 Å². The molecule has 0 saturated heterocycles. The lowest BCUT2D eigenvalue weighted by Crippen LogP contribution is -2.04. The number of alkyl halides is 2. The average Bonchev–Trinajstić information content (AvgIpc) is 2.22. The predicted octanol–water partition coefficient (Wildman–Crippen LogP) is 3.79. The van der Waals surface area contributed by atoms with Gasteiger partial charge in [-0.2, -0.15) is 8.78 Å². The normalized spacial score (nSPS) is 11.0. The summed E-state index contributed by atoms with van der Waals surface area (Å²) in [5, 5.41) is 1.56. The Morgan fingerprint density at radius 3 is 2.56 bits per heavy atom. The van der Waals surface area contributed by atoms with Crippen LogP contribution in [0.25, 0.3) is 10.8 Å². The van der Waals surface area contributed by atoms with Crippen LogP contribution in [0.1, 0.15) is 0 Å². The van der Waals surface area contributed by atoms with Crippen molar-refractivity contribution in [3.63, 3.8) is 0 Å². The molecular formula is C11H8BrF2NO. The minimum absolute atomic E-state index is 0.000556. The van der Waals surface area contributed by atoms with Crippen LogP contribution >= 0.6 is 15.9 Å². The number of hydrogen-bond donors (Lipinski definition) is 1. The molecule has 2 N–H and O–H groups in total. The minimum atomic E-state index is -2.87. The van der Waals surface area contributed by atoms with Crippen molar-refractivity contribution >= 4 is 32.4 Å². The average molecular weight is 288 g/mol.